The minimum atomic E-state index is -0.253. The van der Waals surface area contributed by atoms with Gasteiger partial charge in [0.2, 0.25) is 11.8 Å². The van der Waals surface area contributed by atoms with Crippen LogP contribution in [0.25, 0.3) is 0 Å². The first kappa shape index (κ1) is 18.9. The standard InChI is InChI=1S/C26H34N2O2/c29-23(27-17-25(8-9-25)21-5-2-1-3-6-21)22-7-4-10-28(22)24(30)26-14-18-11-19(15-26)13-20(12-18)16-26/h1-3,5-6,18-20,22H,4,7-17H2,(H,27,29)/t18?,19?,20?,22-,26?/m1/s1. The fourth-order valence-electron chi connectivity index (χ4n) is 7.84. The second-order valence-corrected chi connectivity index (χ2v) is 11.2. The molecule has 1 aromatic carbocycles. The molecular weight excluding hydrogens is 372 g/mol. The molecule has 6 fully saturated rings. The summed E-state index contributed by atoms with van der Waals surface area (Å²) in [5.74, 6) is 2.68. The van der Waals surface area contributed by atoms with E-state index in [1.54, 1.807) is 0 Å². The third-order valence-electron chi connectivity index (χ3n) is 9.15. The molecule has 1 atom stereocenters. The highest BCUT2D eigenvalue weighted by molar-refractivity contribution is 5.91. The van der Waals surface area contributed by atoms with Crippen molar-refractivity contribution < 1.29 is 9.59 Å². The van der Waals surface area contributed by atoms with Gasteiger partial charge >= 0.3 is 0 Å². The first-order valence-corrected chi connectivity index (χ1v) is 12.2. The molecule has 4 heteroatoms. The Morgan fingerprint density at radius 3 is 2.20 bits per heavy atom. The van der Waals surface area contributed by atoms with E-state index in [4.69, 9.17) is 0 Å². The van der Waals surface area contributed by atoms with E-state index in [0.29, 0.717) is 12.5 Å². The molecule has 0 unspecified atom stereocenters. The van der Waals surface area contributed by atoms with Crippen LogP contribution in [0.15, 0.2) is 30.3 Å². The van der Waals surface area contributed by atoms with Gasteiger partial charge in [0.15, 0.2) is 0 Å². The summed E-state index contributed by atoms with van der Waals surface area (Å²) in [5.41, 5.74) is 1.31. The third kappa shape index (κ3) is 3.01. The Morgan fingerprint density at radius 2 is 1.60 bits per heavy atom. The molecule has 1 aromatic rings. The fraction of sp³-hybridized carbons (Fsp3) is 0.692. The minimum Gasteiger partial charge on any atom is -0.353 e. The average Bonchev–Trinajstić information content (AvgIpc) is 3.38. The first-order valence-electron chi connectivity index (χ1n) is 12.2. The molecule has 1 saturated heterocycles. The molecule has 7 rings (SSSR count). The molecule has 1 heterocycles. The van der Waals surface area contributed by atoms with Crippen LogP contribution in [-0.4, -0.2) is 35.8 Å². The van der Waals surface area contributed by atoms with Gasteiger partial charge in [-0.1, -0.05) is 30.3 Å². The van der Waals surface area contributed by atoms with E-state index in [1.165, 1.54) is 24.8 Å². The van der Waals surface area contributed by atoms with E-state index >= 15 is 0 Å². The van der Waals surface area contributed by atoms with Crippen LogP contribution in [0.4, 0.5) is 0 Å². The van der Waals surface area contributed by atoms with Crippen molar-refractivity contribution in [1.82, 2.24) is 10.2 Å². The van der Waals surface area contributed by atoms with Gasteiger partial charge < -0.3 is 10.2 Å². The number of likely N-dealkylation sites (tertiary alicyclic amines) is 1. The molecule has 5 aliphatic carbocycles. The third-order valence-corrected chi connectivity index (χ3v) is 9.15. The van der Waals surface area contributed by atoms with Gasteiger partial charge in [-0.25, -0.2) is 0 Å². The van der Waals surface area contributed by atoms with E-state index in [0.717, 1.165) is 69.2 Å². The lowest BCUT2D eigenvalue weighted by molar-refractivity contribution is -0.160. The van der Waals surface area contributed by atoms with E-state index in [1.807, 2.05) is 11.0 Å². The number of nitrogens with zero attached hydrogens (tertiary/aromatic N) is 1. The van der Waals surface area contributed by atoms with Crippen molar-refractivity contribution in [3.63, 3.8) is 0 Å². The van der Waals surface area contributed by atoms with Gasteiger partial charge in [0.05, 0.1) is 5.41 Å². The Hall–Kier alpha value is -1.84. The summed E-state index contributed by atoms with van der Waals surface area (Å²) in [6.45, 7) is 1.47. The van der Waals surface area contributed by atoms with Crippen molar-refractivity contribution in [1.29, 1.82) is 0 Å². The molecule has 5 saturated carbocycles. The van der Waals surface area contributed by atoms with Gasteiger partial charge in [-0.05, 0) is 87.5 Å². The molecule has 160 valence electrons. The van der Waals surface area contributed by atoms with Crippen molar-refractivity contribution in [2.45, 2.75) is 75.7 Å². The van der Waals surface area contributed by atoms with Crippen molar-refractivity contribution in [3.8, 4) is 0 Å². The molecule has 4 bridgehead atoms. The fourth-order valence-corrected chi connectivity index (χ4v) is 7.84. The normalized spacial score (nSPS) is 37.9. The van der Waals surface area contributed by atoms with Crippen LogP contribution in [0.5, 0.6) is 0 Å². The van der Waals surface area contributed by atoms with E-state index in [2.05, 4.69) is 29.6 Å². The molecule has 6 aliphatic rings. The average molecular weight is 407 g/mol. The lowest BCUT2D eigenvalue weighted by Crippen LogP contribution is -2.57. The molecule has 2 amide bonds. The number of nitrogens with one attached hydrogen (secondary N) is 1. The number of hydrogen-bond acceptors (Lipinski definition) is 2. The Morgan fingerprint density at radius 1 is 0.967 bits per heavy atom. The molecule has 1 N–H and O–H groups in total. The number of carbonyl (C=O) groups is 2. The topological polar surface area (TPSA) is 49.4 Å². The van der Waals surface area contributed by atoms with Crippen LogP contribution >= 0.6 is 0 Å². The Labute approximate surface area is 179 Å². The number of amides is 2. The largest absolute Gasteiger partial charge is 0.353 e. The van der Waals surface area contributed by atoms with Gasteiger partial charge in [-0.3, -0.25) is 9.59 Å². The van der Waals surface area contributed by atoms with Gasteiger partial charge in [0.25, 0.3) is 0 Å². The van der Waals surface area contributed by atoms with Crippen LogP contribution in [0.2, 0.25) is 0 Å². The zero-order valence-corrected chi connectivity index (χ0v) is 17.9. The SMILES string of the molecule is O=C(NCC1(c2ccccc2)CC1)[C@H]1CCCN1C(=O)C12CC3CC(CC(C3)C1)C2. The van der Waals surface area contributed by atoms with Crippen LogP contribution in [0.3, 0.4) is 0 Å². The molecule has 4 nitrogen and oxygen atoms in total. The van der Waals surface area contributed by atoms with Gasteiger partial charge in [-0.2, -0.15) is 0 Å². The van der Waals surface area contributed by atoms with Crippen LogP contribution in [0, 0.1) is 23.2 Å². The van der Waals surface area contributed by atoms with Crippen molar-refractivity contribution in [2.24, 2.45) is 23.2 Å². The maximum atomic E-state index is 13.8. The second kappa shape index (κ2) is 6.83. The van der Waals surface area contributed by atoms with Crippen molar-refractivity contribution >= 4 is 11.8 Å². The summed E-state index contributed by atoms with van der Waals surface area (Å²) in [6.07, 6.45) is 11.3. The van der Waals surface area contributed by atoms with Crippen molar-refractivity contribution in [3.05, 3.63) is 35.9 Å². The molecule has 0 aromatic heterocycles. The van der Waals surface area contributed by atoms with E-state index in [9.17, 15) is 9.59 Å². The Bertz CT molecular complexity index is 809. The van der Waals surface area contributed by atoms with E-state index < -0.39 is 0 Å². The second-order valence-electron chi connectivity index (χ2n) is 11.2. The monoisotopic (exact) mass is 406 g/mol. The van der Waals surface area contributed by atoms with E-state index in [-0.39, 0.29) is 22.8 Å². The quantitative estimate of drug-likeness (QED) is 0.802. The lowest BCUT2D eigenvalue weighted by Gasteiger charge is -2.56. The molecular formula is C26H34N2O2. The summed E-state index contributed by atoms with van der Waals surface area (Å²) >= 11 is 0. The van der Waals surface area contributed by atoms with Crippen LogP contribution in [-0.2, 0) is 15.0 Å². The molecule has 0 spiro atoms. The highest BCUT2D eigenvalue weighted by atomic mass is 16.2. The smallest absolute Gasteiger partial charge is 0.242 e. The summed E-state index contributed by atoms with van der Waals surface area (Å²) in [5, 5.41) is 3.25. The molecule has 30 heavy (non-hydrogen) atoms. The highest BCUT2D eigenvalue weighted by Gasteiger charge is 2.57. The Kier molecular flexibility index (Phi) is 4.30. The molecule has 0 radical (unpaired) electrons. The zero-order valence-electron chi connectivity index (χ0n) is 17.9. The first-order chi connectivity index (χ1) is 14.6. The predicted molar refractivity (Wildman–Crippen MR) is 116 cm³/mol. The van der Waals surface area contributed by atoms with Gasteiger partial charge in [0, 0.05) is 18.5 Å². The number of rotatable bonds is 5. The maximum Gasteiger partial charge on any atom is 0.242 e. The number of benzene rings is 1. The van der Waals surface area contributed by atoms with Gasteiger partial charge in [0.1, 0.15) is 6.04 Å². The summed E-state index contributed by atoms with van der Waals surface area (Å²) in [6, 6.07) is 10.3. The Balaban J connectivity index is 1.14. The summed E-state index contributed by atoms with van der Waals surface area (Å²) in [7, 11) is 0. The minimum absolute atomic E-state index is 0.0767. The zero-order chi connectivity index (χ0) is 20.3. The lowest BCUT2D eigenvalue weighted by atomic mass is 9.49. The van der Waals surface area contributed by atoms with Gasteiger partial charge in [-0.15, -0.1) is 0 Å². The molecule has 1 aliphatic heterocycles. The highest BCUT2D eigenvalue weighted by Crippen LogP contribution is 2.60. The summed E-state index contributed by atoms with van der Waals surface area (Å²) in [4.78, 5) is 29.0. The van der Waals surface area contributed by atoms with Crippen molar-refractivity contribution in [2.75, 3.05) is 13.1 Å². The predicted octanol–water partition coefficient (Wildman–Crippen LogP) is 4.04. The van der Waals surface area contributed by atoms with Crippen LogP contribution in [0.1, 0.15) is 69.8 Å². The summed E-state index contributed by atoms with van der Waals surface area (Å²) < 4.78 is 0. The van der Waals surface area contributed by atoms with Crippen LogP contribution < -0.4 is 5.32 Å². The number of carbonyl (C=O) groups excluding carboxylic acids is 2. The maximum absolute atomic E-state index is 13.8. The number of hydrogen-bond donors (Lipinski definition) is 1.